The van der Waals surface area contributed by atoms with Crippen LogP contribution in [0.25, 0.3) is 0 Å². The molecule has 0 radical (unpaired) electrons. The molecule has 0 aromatic heterocycles. The lowest BCUT2D eigenvalue weighted by molar-refractivity contribution is 0.143. The van der Waals surface area contributed by atoms with E-state index in [4.69, 9.17) is 16.7 Å². The van der Waals surface area contributed by atoms with Crippen LogP contribution in [-0.2, 0) is 0 Å². The molecule has 104 valence electrons. The van der Waals surface area contributed by atoms with Crippen LogP contribution < -0.4 is 5.32 Å². The lowest BCUT2D eigenvalue weighted by Gasteiger charge is -2.31. The smallest absolute Gasteiger partial charge is 0.321 e. The summed E-state index contributed by atoms with van der Waals surface area (Å²) >= 11 is 5.89. The molecule has 2 rings (SSSR count). The Balaban J connectivity index is 1.96. The Morgan fingerprint density at radius 3 is 2.79 bits per heavy atom. The number of benzene rings is 1. The largest absolute Gasteiger partial charge is 0.396 e. The Labute approximate surface area is 116 Å². The third-order valence-electron chi connectivity index (χ3n) is 3.33. The van der Waals surface area contributed by atoms with Crippen LogP contribution >= 0.6 is 11.6 Å². The maximum atomic E-state index is 13.1. The number of nitrogens with zero attached hydrogens (tertiary/aromatic N) is 1. The zero-order valence-corrected chi connectivity index (χ0v) is 11.2. The molecule has 19 heavy (non-hydrogen) atoms. The topological polar surface area (TPSA) is 52.6 Å². The van der Waals surface area contributed by atoms with Crippen molar-refractivity contribution in [2.24, 2.45) is 5.92 Å². The van der Waals surface area contributed by atoms with Crippen LogP contribution in [0.2, 0.25) is 5.02 Å². The Hall–Kier alpha value is -1.33. The van der Waals surface area contributed by atoms with Crippen LogP contribution in [0.15, 0.2) is 18.2 Å². The number of nitrogens with one attached hydrogen (secondary N) is 1. The van der Waals surface area contributed by atoms with Gasteiger partial charge in [0.25, 0.3) is 0 Å². The fourth-order valence-corrected chi connectivity index (χ4v) is 2.27. The monoisotopic (exact) mass is 286 g/mol. The summed E-state index contributed by atoms with van der Waals surface area (Å²) < 4.78 is 13.1. The van der Waals surface area contributed by atoms with Crippen molar-refractivity contribution in [3.05, 3.63) is 29.0 Å². The molecule has 0 bridgehead atoms. The summed E-state index contributed by atoms with van der Waals surface area (Å²) in [4.78, 5) is 13.6. The molecule has 0 saturated carbocycles. The molecule has 1 heterocycles. The number of carbonyl (C=O) groups is 1. The minimum absolute atomic E-state index is 0.158. The molecule has 0 spiro atoms. The predicted octanol–water partition coefficient (Wildman–Crippen LogP) is 2.72. The molecule has 1 aliphatic heterocycles. The minimum Gasteiger partial charge on any atom is -0.396 e. The highest BCUT2D eigenvalue weighted by Crippen LogP contribution is 2.23. The molecule has 0 atom stereocenters. The molecular formula is C13H16ClFN2O2. The van der Waals surface area contributed by atoms with Crippen molar-refractivity contribution >= 4 is 23.3 Å². The number of urea groups is 1. The van der Waals surface area contributed by atoms with E-state index in [-0.39, 0.29) is 24.2 Å². The van der Waals surface area contributed by atoms with Gasteiger partial charge in [0.2, 0.25) is 0 Å². The number of rotatable bonds is 2. The summed E-state index contributed by atoms with van der Waals surface area (Å²) in [7, 11) is 0. The summed E-state index contributed by atoms with van der Waals surface area (Å²) in [6.07, 6.45) is 1.56. The van der Waals surface area contributed by atoms with Gasteiger partial charge in [-0.05, 0) is 37.0 Å². The number of hydrogen-bond acceptors (Lipinski definition) is 2. The maximum Gasteiger partial charge on any atom is 0.321 e. The fraction of sp³-hybridized carbons (Fsp3) is 0.462. The van der Waals surface area contributed by atoms with E-state index in [1.165, 1.54) is 18.2 Å². The van der Waals surface area contributed by atoms with Gasteiger partial charge in [0.15, 0.2) is 0 Å². The van der Waals surface area contributed by atoms with Gasteiger partial charge in [-0.1, -0.05) is 11.6 Å². The van der Waals surface area contributed by atoms with Crippen LogP contribution in [0.4, 0.5) is 14.9 Å². The number of aliphatic hydroxyl groups is 1. The first-order valence-electron chi connectivity index (χ1n) is 6.22. The number of likely N-dealkylation sites (tertiary alicyclic amines) is 1. The molecule has 1 fully saturated rings. The molecule has 1 aromatic rings. The second-order valence-electron chi connectivity index (χ2n) is 4.67. The number of anilines is 1. The Morgan fingerprint density at radius 2 is 2.16 bits per heavy atom. The average Bonchev–Trinajstić information content (AvgIpc) is 2.43. The van der Waals surface area contributed by atoms with Crippen molar-refractivity contribution in [1.29, 1.82) is 0 Å². The number of halogens is 2. The van der Waals surface area contributed by atoms with Gasteiger partial charge < -0.3 is 15.3 Å². The van der Waals surface area contributed by atoms with Gasteiger partial charge >= 0.3 is 6.03 Å². The number of aliphatic hydroxyl groups excluding tert-OH is 1. The zero-order chi connectivity index (χ0) is 13.8. The van der Waals surface area contributed by atoms with Crippen molar-refractivity contribution in [2.75, 3.05) is 25.0 Å². The predicted molar refractivity (Wildman–Crippen MR) is 71.8 cm³/mol. The molecule has 2 amide bonds. The van der Waals surface area contributed by atoms with Crippen LogP contribution in [0, 0.1) is 11.7 Å². The molecule has 0 unspecified atom stereocenters. The maximum absolute atomic E-state index is 13.1. The Kier molecular flexibility index (Phi) is 4.61. The van der Waals surface area contributed by atoms with Gasteiger partial charge in [-0.3, -0.25) is 0 Å². The highest BCUT2D eigenvalue weighted by Gasteiger charge is 2.22. The van der Waals surface area contributed by atoms with E-state index in [1.54, 1.807) is 4.90 Å². The SMILES string of the molecule is O=C(Nc1cc(F)ccc1Cl)N1CCC(CO)CC1. The highest BCUT2D eigenvalue weighted by atomic mass is 35.5. The number of amides is 2. The van der Waals surface area contributed by atoms with E-state index < -0.39 is 5.82 Å². The van der Waals surface area contributed by atoms with E-state index >= 15 is 0 Å². The quantitative estimate of drug-likeness (QED) is 0.878. The normalized spacial score (nSPS) is 16.5. The van der Waals surface area contributed by atoms with Crippen molar-refractivity contribution in [3.8, 4) is 0 Å². The summed E-state index contributed by atoms with van der Waals surface area (Å²) in [6, 6.07) is 3.56. The lowest BCUT2D eigenvalue weighted by atomic mass is 9.98. The molecule has 2 N–H and O–H groups in total. The van der Waals surface area contributed by atoms with Crippen molar-refractivity contribution < 1.29 is 14.3 Å². The van der Waals surface area contributed by atoms with Gasteiger partial charge in [0.05, 0.1) is 10.7 Å². The molecule has 1 saturated heterocycles. The summed E-state index contributed by atoms with van der Waals surface area (Å²) in [5.74, 6) is -0.180. The van der Waals surface area contributed by atoms with Gasteiger partial charge in [0, 0.05) is 19.7 Å². The van der Waals surface area contributed by atoms with Crippen LogP contribution in [-0.4, -0.2) is 35.7 Å². The molecular weight excluding hydrogens is 271 g/mol. The highest BCUT2D eigenvalue weighted by molar-refractivity contribution is 6.33. The van der Waals surface area contributed by atoms with Crippen LogP contribution in [0.1, 0.15) is 12.8 Å². The number of carbonyl (C=O) groups excluding carboxylic acids is 1. The third-order valence-corrected chi connectivity index (χ3v) is 3.66. The van der Waals surface area contributed by atoms with Crippen molar-refractivity contribution in [3.63, 3.8) is 0 Å². The second-order valence-corrected chi connectivity index (χ2v) is 5.07. The van der Waals surface area contributed by atoms with Crippen molar-refractivity contribution in [2.45, 2.75) is 12.8 Å². The minimum atomic E-state index is -0.446. The van der Waals surface area contributed by atoms with E-state index in [0.29, 0.717) is 18.1 Å². The van der Waals surface area contributed by atoms with Gasteiger partial charge in [-0.2, -0.15) is 0 Å². The molecule has 6 heteroatoms. The molecule has 4 nitrogen and oxygen atoms in total. The molecule has 1 aromatic carbocycles. The first-order chi connectivity index (χ1) is 9.10. The van der Waals surface area contributed by atoms with E-state index in [0.717, 1.165) is 12.8 Å². The summed E-state index contributed by atoms with van der Waals surface area (Å²) in [5, 5.41) is 12.0. The van der Waals surface area contributed by atoms with Gasteiger partial charge in [0.1, 0.15) is 5.82 Å². The third kappa shape index (κ3) is 3.58. The average molecular weight is 287 g/mol. The van der Waals surface area contributed by atoms with E-state index in [2.05, 4.69) is 5.32 Å². The standard InChI is InChI=1S/C13H16ClFN2O2/c14-11-2-1-10(15)7-12(11)16-13(19)17-5-3-9(8-18)4-6-17/h1-2,7,9,18H,3-6,8H2,(H,16,19). The first-order valence-corrected chi connectivity index (χ1v) is 6.60. The molecule has 1 aliphatic rings. The zero-order valence-electron chi connectivity index (χ0n) is 10.4. The van der Waals surface area contributed by atoms with Crippen LogP contribution in [0.5, 0.6) is 0 Å². The van der Waals surface area contributed by atoms with E-state index in [1.807, 2.05) is 0 Å². The lowest BCUT2D eigenvalue weighted by Crippen LogP contribution is -2.41. The molecule has 0 aliphatic carbocycles. The Bertz CT molecular complexity index is 462. The first kappa shape index (κ1) is 14.1. The number of hydrogen-bond donors (Lipinski definition) is 2. The number of piperidine rings is 1. The summed E-state index contributed by atoms with van der Waals surface area (Å²) in [5.41, 5.74) is 0.274. The fourth-order valence-electron chi connectivity index (χ4n) is 2.11. The van der Waals surface area contributed by atoms with Crippen molar-refractivity contribution in [1.82, 2.24) is 4.90 Å². The van der Waals surface area contributed by atoms with Gasteiger partial charge in [-0.15, -0.1) is 0 Å². The van der Waals surface area contributed by atoms with Crippen LogP contribution in [0.3, 0.4) is 0 Å². The Morgan fingerprint density at radius 1 is 1.47 bits per heavy atom. The summed E-state index contributed by atoms with van der Waals surface area (Å²) in [6.45, 7) is 1.33. The van der Waals surface area contributed by atoms with E-state index in [9.17, 15) is 9.18 Å². The van der Waals surface area contributed by atoms with Gasteiger partial charge in [-0.25, -0.2) is 9.18 Å². The second kappa shape index (κ2) is 6.21.